The van der Waals surface area contributed by atoms with E-state index in [1.807, 2.05) is 27.0 Å². The Kier molecular flexibility index (Phi) is 3.38. The van der Waals surface area contributed by atoms with E-state index in [-0.39, 0.29) is 6.09 Å². The van der Waals surface area contributed by atoms with E-state index in [0.717, 1.165) is 4.88 Å². The maximum atomic E-state index is 11.4. The first-order chi connectivity index (χ1) is 7.94. The smallest absolute Gasteiger partial charge is 0.407 e. The zero-order chi connectivity index (χ0) is 12.5. The second-order valence-corrected chi connectivity index (χ2v) is 6.44. The molecule has 5 heteroatoms. The Bertz CT molecular complexity index is 405. The molecule has 0 unspecified atom stereocenters. The van der Waals surface area contributed by atoms with Crippen molar-refractivity contribution in [1.29, 1.82) is 0 Å². The molecule has 0 radical (unpaired) electrons. The maximum absolute atomic E-state index is 11.4. The molecule has 0 spiro atoms. The molecule has 0 aliphatic heterocycles. The van der Waals surface area contributed by atoms with Crippen LogP contribution in [0.25, 0.3) is 0 Å². The predicted molar refractivity (Wildman–Crippen MR) is 67.2 cm³/mol. The number of aromatic nitrogens is 1. The van der Waals surface area contributed by atoms with Crippen LogP contribution in [-0.4, -0.2) is 16.7 Å². The first-order valence-corrected chi connectivity index (χ1v) is 6.67. The first kappa shape index (κ1) is 12.4. The molecule has 1 amide bonds. The number of amides is 1. The van der Waals surface area contributed by atoms with Crippen LogP contribution in [0.5, 0.6) is 0 Å². The summed E-state index contributed by atoms with van der Waals surface area (Å²) < 4.78 is 5.16. The lowest BCUT2D eigenvalue weighted by molar-refractivity contribution is 0.0524. The first-order valence-electron chi connectivity index (χ1n) is 5.85. The van der Waals surface area contributed by atoms with E-state index in [4.69, 9.17) is 4.74 Å². The van der Waals surface area contributed by atoms with E-state index in [1.54, 1.807) is 11.3 Å². The second-order valence-electron chi connectivity index (χ2n) is 5.29. The topological polar surface area (TPSA) is 51.2 Å². The lowest BCUT2D eigenvalue weighted by Gasteiger charge is -2.19. The molecule has 1 heterocycles. The quantitative estimate of drug-likeness (QED) is 0.902. The van der Waals surface area contributed by atoms with Gasteiger partial charge in [0.1, 0.15) is 5.60 Å². The molecular weight excluding hydrogens is 236 g/mol. The number of ether oxygens (including phenoxy) is 1. The molecule has 0 saturated heterocycles. The Morgan fingerprint density at radius 3 is 2.88 bits per heavy atom. The molecule has 1 fully saturated rings. The van der Waals surface area contributed by atoms with Crippen molar-refractivity contribution in [2.75, 3.05) is 0 Å². The number of rotatable bonds is 3. The fraction of sp³-hybridized carbons (Fsp3) is 0.667. The van der Waals surface area contributed by atoms with E-state index in [9.17, 15) is 4.79 Å². The van der Waals surface area contributed by atoms with E-state index in [2.05, 4.69) is 10.3 Å². The zero-order valence-corrected chi connectivity index (χ0v) is 11.3. The van der Waals surface area contributed by atoms with Gasteiger partial charge in [-0.15, -0.1) is 11.3 Å². The Balaban J connectivity index is 1.78. The van der Waals surface area contributed by atoms with Gasteiger partial charge in [-0.3, -0.25) is 0 Å². The highest BCUT2D eigenvalue weighted by Gasteiger charge is 2.26. The second kappa shape index (κ2) is 4.64. The van der Waals surface area contributed by atoms with E-state index >= 15 is 0 Å². The number of nitrogens with one attached hydrogen (secondary N) is 1. The largest absolute Gasteiger partial charge is 0.444 e. The molecule has 1 aromatic heterocycles. The van der Waals surface area contributed by atoms with Crippen molar-refractivity contribution in [3.8, 4) is 0 Å². The number of nitrogens with zero attached hydrogens (tertiary/aromatic N) is 1. The third-order valence-electron chi connectivity index (χ3n) is 2.30. The normalized spacial score (nSPS) is 15.7. The van der Waals surface area contributed by atoms with E-state index in [0.29, 0.717) is 12.5 Å². The minimum absolute atomic E-state index is 0.376. The Labute approximate surface area is 105 Å². The third kappa shape index (κ3) is 4.00. The van der Waals surface area contributed by atoms with E-state index in [1.165, 1.54) is 17.8 Å². The SMILES string of the molecule is CC(C)(C)OC(=O)NCc1cnc(C2CC2)s1. The van der Waals surface area contributed by atoms with Gasteiger partial charge in [-0.2, -0.15) is 0 Å². The molecule has 4 nitrogen and oxygen atoms in total. The fourth-order valence-electron chi connectivity index (χ4n) is 1.40. The van der Waals surface area contributed by atoms with Crippen LogP contribution in [0.15, 0.2) is 6.20 Å². The summed E-state index contributed by atoms with van der Waals surface area (Å²) in [5, 5.41) is 3.94. The lowest BCUT2D eigenvalue weighted by atomic mass is 10.2. The molecule has 0 atom stereocenters. The number of hydrogen-bond donors (Lipinski definition) is 1. The van der Waals surface area contributed by atoms with Crippen LogP contribution in [0.4, 0.5) is 4.79 Å². The van der Waals surface area contributed by atoms with Crippen LogP contribution in [-0.2, 0) is 11.3 Å². The zero-order valence-electron chi connectivity index (χ0n) is 10.4. The van der Waals surface area contributed by atoms with Crippen molar-refractivity contribution in [3.05, 3.63) is 16.1 Å². The van der Waals surface area contributed by atoms with Crippen molar-refractivity contribution in [2.45, 2.75) is 51.7 Å². The standard InChI is InChI=1S/C12H18N2O2S/c1-12(2,3)16-11(15)14-7-9-6-13-10(17-9)8-4-5-8/h6,8H,4-5,7H2,1-3H3,(H,14,15). The number of thiazole rings is 1. The van der Waals surface area contributed by atoms with Crippen molar-refractivity contribution in [1.82, 2.24) is 10.3 Å². The Morgan fingerprint density at radius 2 is 2.29 bits per heavy atom. The summed E-state index contributed by atoms with van der Waals surface area (Å²) in [6.45, 7) is 6.05. The van der Waals surface area contributed by atoms with Crippen LogP contribution in [0.2, 0.25) is 0 Å². The minimum atomic E-state index is -0.447. The van der Waals surface area contributed by atoms with Crippen molar-refractivity contribution < 1.29 is 9.53 Å². The Hall–Kier alpha value is -1.10. The van der Waals surface area contributed by atoms with Crippen LogP contribution in [0.3, 0.4) is 0 Å². The molecule has 1 saturated carbocycles. The number of hydrogen-bond acceptors (Lipinski definition) is 4. The predicted octanol–water partition coefficient (Wildman–Crippen LogP) is 3.05. The maximum Gasteiger partial charge on any atom is 0.407 e. The highest BCUT2D eigenvalue weighted by atomic mass is 32.1. The van der Waals surface area contributed by atoms with Crippen LogP contribution in [0.1, 0.15) is 49.4 Å². The summed E-state index contributed by atoms with van der Waals surface area (Å²) in [5.74, 6) is 0.676. The van der Waals surface area contributed by atoms with Crippen molar-refractivity contribution in [3.63, 3.8) is 0 Å². The molecule has 1 aliphatic rings. The summed E-state index contributed by atoms with van der Waals surface area (Å²) in [7, 11) is 0. The molecule has 1 aliphatic carbocycles. The average molecular weight is 254 g/mol. The summed E-state index contributed by atoms with van der Waals surface area (Å²) in [5.41, 5.74) is -0.447. The molecule has 2 rings (SSSR count). The van der Waals surface area contributed by atoms with Gasteiger partial charge in [-0.1, -0.05) is 0 Å². The monoisotopic (exact) mass is 254 g/mol. The average Bonchev–Trinajstić information content (AvgIpc) is 2.93. The van der Waals surface area contributed by atoms with Crippen LogP contribution < -0.4 is 5.32 Å². The highest BCUT2D eigenvalue weighted by Crippen LogP contribution is 2.41. The summed E-state index contributed by atoms with van der Waals surface area (Å²) >= 11 is 1.68. The van der Waals surface area contributed by atoms with Gasteiger partial charge in [-0.25, -0.2) is 9.78 Å². The molecular formula is C12H18N2O2S. The fourth-order valence-corrected chi connectivity index (χ4v) is 2.42. The van der Waals surface area contributed by atoms with Crippen molar-refractivity contribution >= 4 is 17.4 Å². The highest BCUT2D eigenvalue weighted by molar-refractivity contribution is 7.11. The van der Waals surface area contributed by atoms with Gasteiger partial charge in [0.2, 0.25) is 0 Å². The van der Waals surface area contributed by atoms with Gasteiger partial charge in [0, 0.05) is 17.0 Å². The van der Waals surface area contributed by atoms with Gasteiger partial charge in [-0.05, 0) is 33.6 Å². The molecule has 17 heavy (non-hydrogen) atoms. The number of alkyl carbamates (subject to hydrolysis) is 1. The Morgan fingerprint density at radius 1 is 1.59 bits per heavy atom. The van der Waals surface area contributed by atoms with Crippen LogP contribution >= 0.6 is 11.3 Å². The summed E-state index contributed by atoms with van der Waals surface area (Å²) in [6, 6.07) is 0. The number of carbonyl (C=O) groups excluding carboxylic acids is 1. The lowest BCUT2D eigenvalue weighted by Crippen LogP contribution is -2.31. The summed E-state index contributed by atoms with van der Waals surface area (Å²) in [6.07, 6.45) is 3.98. The summed E-state index contributed by atoms with van der Waals surface area (Å²) in [4.78, 5) is 16.9. The number of carbonyl (C=O) groups is 1. The molecule has 94 valence electrons. The third-order valence-corrected chi connectivity index (χ3v) is 3.46. The van der Waals surface area contributed by atoms with Gasteiger partial charge in [0.15, 0.2) is 0 Å². The minimum Gasteiger partial charge on any atom is -0.444 e. The van der Waals surface area contributed by atoms with Crippen molar-refractivity contribution in [2.24, 2.45) is 0 Å². The molecule has 1 aromatic rings. The van der Waals surface area contributed by atoms with Gasteiger partial charge in [0.05, 0.1) is 11.6 Å². The van der Waals surface area contributed by atoms with Gasteiger partial charge >= 0.3 is 6.09 Å². The van der Waals surface area contributed by atoms with Gasteiger partial charge < -0.3 is 10.1 Å². The van der Waals surface area contributed by atoms with Crippen LogP contribution in [0, 0.1) is 0 Å². The molecule has 1 N–H and O–H groups in total. The van der Waals surface area contributed by atoms with E-state index < -0.39 is 5.60 Å². The molecule has 0 bridgehead atoms. The van der Waals surface area contributed by atoms with Gasteiger partial charge in [0.25, 0.3) is 0 Å². The molecule has 0 aromatic carbocycles.